The molecule has 11 heteroatoms. The van der Waals surface area contributed by atoms with E-state index in [-0.39, 0.29) is 34.9 Å². The standard InChI is InChI=1S/C19H16Cl2F3N5O/c20-13-7-12(22)4-3-11(13)8-28-6-5-14(26-28)25-15(30)9-29-18(10-1-2-10)16(21)17(27-29)19(23)24/h3-7,10,19H,1-2,8-9H2,(H,25,26,30). The van der Waals surface area contributed by atoms with E-state index in [0.717, 1.165) is 12.8 Å². The molecule has 1 aliphatic rings. The van der Waals surface area contributed by atoms with Crippen molar-refractivity contribution in [1.82, 2.24) is 19.6 Å². The van der Waals surface area contributed by atoms with Gasteiger partial charge in [0, 0.05) is 23.2 Å². The number of rotatable bonds is 7. The summed E-state index contributed by atoms with van der Waals surface area (Å²) in [5.41, 5.74) is 0.629. The van der Waals surface area contributed by atoms with E-state index in [1.165, 1.54) is 21.5 Å². The smallest absolute Gasteiger partial charge is 0.283 e. The first-order valence-corrected chi connectivity index (χ1v) is 9.89. The molecule has 1 amide bonds. The van der Waals surface area contributed by atoms with Crippen LogP contribution in [0.25, 0.3) is 0 Å². The van der Waals surface area contributed by atoms with Crippen molar-refractivity contribution in [2.75, 3.05) is 5.32 Å². The number of nitrogens with one attached hydrogen (secondary N) is 1. The maximum atomic E-state index is 13.2. The molecular weight excluding hydrogens is 442 g/mol. The summed E-state index contributed by atoms with van der Waals surface area (Å²) in [4.78, 5) is 12.4. The van der Waals surface area contributed by atoms with Gasteiger partial charge in [-0.1, -0.05) is 29.3 Å². The van der Waals surface area contributed by atoms with E-state index in [1.54, 1.807) is 18.3 Å². The van der Waals surface area contributed by atoms with Gasteiger partial charge in [-0.3, -0.25) is 14.2 Å². The number of anilines is 1. The van der Waals surface area contributed by atoms with Gasteiger partial charge in [0.2, 0.25) is 5.91 Å². The van der Waals surface area contributed by atoms with Crippen molar-refractivity contribution in [3.8, 4) is 0 Å². The van der Waals surface area contributed by atoms with E-state index in [0.29, 0.717) is 11.3 Å². The largest absolute Gasteiger partial charge is 0.308 e. The lowest BCUT2D eigenvalue weighted by molar-refractivity contribution is -0.117. The van der Waals surface area contributed by atoms with Gasteiger partial charge in [0.05, 0.1) is 17.3 Å². The summed E-state index contributed by atoms with van der Waals surface area (Å²) in [7, 11) is 0. The highest BCUT2D eigenvalue weighted by Crippen LogP contribution is 2.45. The van der Waals surface area contributed by atoms with E-state index < -0.39 is 23.8 Å². The molecule has 1 fully saturated rings. The Balaban J connectivity index is 1.43. The Bertz CT molecular complexity index is 1090. The first-order chi connectivity index (χ1) is 14.3. The number of halogens is 5. The van der Waals surface area contributed by atoms with Crippen LogP contribution < -0.4 is 5.32 Å². The van der Waals surface area contributed by atoms with Gasteiger partial charge in [-0.25, -0.2) is 13.2 Å². The SMILES string of the molecule is O=C(Cn1nc(C(F)F)c(Cl)c1C1CC1)Nc1ccn(Cc2ccc(F)cc2Cl)n1. The second-order valence-corrected chi connectivity index (χ2v) is 7.78. The number of aromatic nitrogens is 4. The monoisotopic (exact) mass is 457 g/mol. The molecule has 6 nitrogen and oxygen atoms in total. The van der Waals surface area contributed by atoms with Gasteiger partial charge >= 0.3 is 0 Å². The molecule has 4 rings (SSSR count). The number of amides is 1. The molecule has 0 bridgehead atoms. The number of alkyl halides is 2. The zero-order valence-corrected chi connectivity index (χ0v) is 17.0. The van der Waals surface area contributed by atoms with Crippen LogP contribution in [-0.4, -0.2) is 25.5 Å². The third kappa shape index (κ3) is 4.46. The minimum absolute atomic E-state index is 0.0463. The van der Waals surface area contributed by atoms with Gasteiger partial charge in [0.15, 0.2) is 5.82 Å². The van der Waals surface area contributed by atoms with Crippen LogP contribution in [0, 0.1) is 5.82 Å². The van der Waals surface area contributed by atoms with E-state index in [4.69, 9.17) is 23.2 Å². The number of carbonyl (C=O) groups excluding carboxylic acids is 1. The summed E-state index contributed by atoms with van der Waals surface area (Å²) < 4.78 is 42.2. The molecule has 30 heavy (non-hydrogen) atoms. The fourth-order valence-electron chi connectivity index (χ4n) is 3.14. The lowest BCUT2D eigenvalue weighted by Crippen LogP contribution is -2.21. The number of benzene rings is 1. The summed E-state index contributed by atoms with van der Waals surface area (Å²) in [5, 5.41) is 10.9. The molecule has 1 aromatic carbocycles. The Morgan fingerprint density at radius 2 is 2.00 bits per heavy atom. The highest BCUT2D eigenvalue weighted by atomic mass is 35.5. The molecule has 1 N–H and O–H groups in total. The number of carbonyl (C=O) groups is 1. The lowest BCUT2D eigenvalue weighted by Gasteiger charge is -2.07. The first kappa shape index (κ1) is 20.7. The van der Waals surface area contributed by atoms with Crippen molar-refractivity contribution in [3.63, 3.8) is 0 Å². The normalized spacial score (nSPS) is 13.8. The van der Waals surface area contributed by atoms with Crippen LogP contribution in [0.3, 0.4) is 0 Å². The van der Waals surface area contributed by atoms with Crippen LogP contribution in [0.2, 0.25) is 10.0 Å². The maximum Gasteiger partial charge on any atom is 0.283 e. The zero-order chi connectivity index (χ0) is 21.4. The summed E-state index contributed by atoms with van der Waals surface area (Å²) >= 11 is 12.1. The van der Waals surface area contributed by atoms with Crippen LogP contribution >= 0.6 is 23.2 Å². The van der Waals surface area contributed by atoms with Crippen molar-refractivity contribution >= 4 is 34.9 Å². The Morgan fingerprint density at radius 1 is 1.23 bits per heavy atom. The molecule has 158 valence electrons. The molecule has 0 radical (unpaired) electrons. The third-order valence-electron chi connectivity index (χ3n) is 4.68. The quantitative estimate of drug-likeness (QED) is 0.541. The van der Waals surface area contributed by atoms with Gasteiger partial charge in [0.1, 0.15) is 18.1 Å². The first-order valence-electron chi connectivity index (χ1n) is 9.13. The van der Waals surface area contributed by atoms with E-state index in [2.05, 4.69) is 15.5 Å². The highest BCUT2D eigenvalue weighted by molar-refractivity contribution is 6.32. The second kappa shape index (κ2) is 8.31. The van der Waals surface area contributed by atoms with Gasteiger partial charge in [-0.2, -0.15) is 10.2 Å². The Labute approximate surface area is 179 Å². The van der Waals surface area contributed by atoms with Crippen molar-refractivity contribution in [2.24, 2.45) is 0 Å². The minimum Gasteiger partial charge on any atom is -0.308 e. The molecule has 1 aliphatic carbocycles. The van der Waals surface area contributed by atoms with Crippen molar-refractivity contribution in [3.05, 3.63) is 63.3 Å². The molecule has 2 heterocycles. The van der Waals surface area contributed by atoms with Gasteiger partial charge < -0.3 is 5.32 Å². The van der Waals surface area contributed by atoms with Crippen LogP contribution in [0.5, 0.6) is 0 Å². The fourth-order valence-corrected chi connectivity index (χ4v) is 3.74. The molecule has 0 atom stereocenters. The van der Waals surface area contributed by atoms with Crippen LogP contribution in [-0.2, 0) is 17.9 Å². The fraction of sp³-hybridized carbons (Fsp3) is 0.316. The molecule has 0 aliphatic heterocycles. The average molecular weight is 458 g/mol. The molecular formula is C19H16Cl2F3N5O. The second-order valence-electron chi connectivity index (χ2n) is 7.00. The third-order valence-corrected chi connectivity index (χ3v) is 5.42. The highest BCUT2D eigenvalue weighted by Gasteiger charge is 2.34. The number of nitrogens with zero attached hydrogens (tertiary/aromatic N) is 4. The Hall–Kier alpha value is -2.52. The van der Waals surface area contributed by atoms with E-state index in [9.17, 15) is 18.0 Å². The Kier molecular flexibility index (Phi) is 5.75. The minimum atomic E-state index is -2.81. The van der Waals surface area contributed by atoms with Crippen LogP contribution in [0.15, 0.2) is 30.5 Å². The van der Waals surface area contributed by atoms with Gasteiger partial charge in [-0.05, 0) is 30.5 Å². The van der Waals surface area contributed by atoms with Crippen LogP contribution in [0.4, 0.5) is 19.0 Å². The molecule has 2 aromatic heterocycles. The summed E-state index contributed by atoms with van der Waals surface area (Å²) in [6.45, 7) is 0.0300. The maximum absolute atomic E-state index is 13.2. The van der Waals surface area contributed by atoms with Crippen LogP contribution in [0.1, 0.15) is 42.1 Å². The van der Waals surface area contributed by atoms with Gasteiger partial charge in [0.25, 0.3) is 6.43 Å². The number of hydrogen-bond acceptors (Lipinski definition) is 3. The number of hydrogen-bond donors (Lipinski definition) is 1. The molecule has 0 saturated heterocycles. The van der Waals surface area contributed by atoms with E-state index in [1.807, 2.05) is 0 Å². The predicted molar refractivity (Wildman–Crippen MR) is 106 cm³/mol. The summed E-state index contributed by atoms with van der Waals surface area (Å²) in [6, 6.07) is 5.65. The van der Waals surface area contributed by atoms with Crippen molar-refractivity contribution in [2.45, 2.75) is 38.3 Å². The van der Waals surface area contributed by atoms with Gasteiger partial charge in [-0.15, -0.1) is 0 Å². The molecule has 1 saturated carbocycles. The summed E-state index contributed by atoms with van der Waals surface area (Å²) in [6.07, 6.45) is 0.469. The van der Waals surface area contributed by atoms with Crippen molar-refractivity contribution < 1.29 is 18.0 Å². The molecule has 0 spiro atoms. The lowest BCUT2D eigenvalue weighted by atomic mass is 10.2. The Morgan fingerprint density at radius 3 is 2.67 bits per heavy atom. The average Bonchev–Trinajstić information content (AvgIpc) is 3.32. The zero-order valence-electron chi connectivity index (χ0n) is 15.5. The topological polar surface area (TPSA) is 64.7 Å². The summed E-state index contributed by atoms with van der Waals surface area (Å²) in [5.74, 6) is -0.582. The molecule has 0 unspecified atom stereocenters. The predicted octanol–water partition coefficient (Wildman–Crippen LogP) is 5.03. The van der Waals surface area contributed by atoms with Crippen molar-refractivity contribution in [1.29, 1.82) is 0 Å². The molecule has 3 aromatic rings. The van der Waals surface area contributed by atoms with E-state index >= 15 is 0 Å².